The Bertz CT molecular complexity index is 1610. The van der Waals surface area contributed by atoms with E-state index in [0.717, 1.165) is 27.5 Å². The van der Waals surface area contributed by atoms with Crippen molar-refractivity contribution in [2.75, 3.05) is 12.9 Å². The molecular formula is C30H29FN2O7S. The van der Waals surface area contributed by atoms with Crippen LogP contribution >= 0.6 is 0 Å². The summed E-state index contributed by atoms with van der Waals surface area (Å²) in [5, 5.41) is 0. The molecule has 9 nitrogen and oxygen atoms in total. The molecule has 214 valence electrons. The number of alkyl halides is 1. The van der Waals surface area contributed by atoms with Gasteiger partial charge in [0.1, 0.15) is 17.8 Å². The minimum Gasteiger partial charge on any atom is -0.358 e. The molecule has 1 aliphatic rings. The van der Waals surface area contributed by atoms with Crippen LogP contribution in [0.5, 0.6) is 0 Å². The molecule has 1 N–H and O–H groups in total. The molecular weight excluding hydrogens is 551 g/mol. The molecule has 5 rings (SSSR count). The number of aromatic nitrogens is 2. The minimum absolute atomic E-state index is 0.150. The Hall–Kier alpha value is -3.90. The van der Waals surface area contributed by atoms with Crippen molar-refractivity contribution in [2.24, 2.45) is 0 Å². The fourth-order valence-electron chi connectivity index (χ4n) is 5.12. The highest BCUT2D eigenvalue weighted by Gasteiger charge is 2.50. The molecule has 0 spiro atoms. The van der Waals surface area contributed by atoms with Gasteiger partial charge in [-0.1, -0.05) is 91.0 Å². The van der Waals surface area contributed by atoms with E-state index in [9.17, 15) is 18.0 Å². The summed E-state index contributed by atoms with van der Waals surface area (Å²) in [5.41, 5.74) is -0.248. The number of ether oxygens (including phenoxy) is 2. The highest BCUT2D eigenvalue weighted by Crippen LogP contribution is 2.42. The molecule has 1 aliphatic heterocycles. The Balaban J connectivity index is 1.59. The summed E-state index contributed by atoms with van der Waals surface area (Å²) >= 11 is 0. The first-order valence-electron chi connectivity index (χ1n) is 12.9. The number of aromatic amines is 1. The Morgan fingerprint density at radius 3 is 1.85 bits per heavy atom. The number of aryl methyl sites for hydroxylation is 1. The largest absolute Gasteiger partial charge is 0.358 e. The van der Waals surface area contributed by atoms with E-state index in [1.165, 1.54) is 13.1 Å². The Labute approximate surface area is 236 Å². The van der Waals surface area contributed by atoms with Crippen molar-refractivity contribution in [3.05, 3.63) is 140 Å². The Kier molecular flexibility index (Phi) is 8.05. The standard InChI is InChI=1S/C30H29FN2O7S/c1-20-18-33(29(35)32-27(20)34)28-25(31)26(40-41(2,36)37)24(39-28)19-38-30(21-12-6-3-7-13-21,22-14-8-4-9-15-22)23-16-10-5-11-17-23/h3-18,24-26,28H,19H2,1-2H3,(H,32,34,35)/t24-,25+,26-,28-/m1/s1. The van der Waals surface area contributed by atoms with E-state index in [2.05, 4.69) is 4.98 Å². The summed E-state index contributed by atoms with van der Waals surface area (Å²) in [4.78, 5) is 26.6. The lowest BCUT2D eigenvalue weighted by molar-refractivity contribution is -0.0922. The van der Waals surface area contributed by atoms with Crippen molar-refractivity contribution < 1.29 is 26.5 Å². The van der Waals surface area contributed by atoms with Crippen molar-refractivity contribution >= 4 is 10.1 Å². The molecule has 4 aromatic rings. The quantitative estimate of drug-likeness (QED) is 0.238. The zero-order valence-electron chi connectivity index (χ0n) is 22.3. The number of benzene rings is 3. The summed E-state index contributed by atoms with van der Waals surface area (Å²) in [7, 11) is -4.14. The van der Waals surface area contributed by atoms with Crippen LogP contribution < -0.4 is 11.2 Å². The first-order valence-corrected chi connectivity index (χ1v) is 14.7. The third-order valence-electron chi connectivity index (χ3n) is 6.98. The van der Waals surface area contributed by atoms with Crippen molar-refractivity contribution in [1.82, 2.24) is 9.55 Å². The molecule has 1 aromatic heterocycles. The van der Waals surface area contributed by atoms with Crippen LogP contribution in [0.4, 0.5) is 4.39 Å². The number of nitrogens with zero attached hydrogens (tertiary/aromatic N) is 1. The van der Waals surface area contributed by atoms with Gasteiger partial charge in [0.05, 0.1) is 12.9 Å². The first kappa shape index (κ1) is 28.6. The second-order valence-corrected chi connectivity index (χ2v) is 11.4. The average molecular weight is 581 g/mol. The van der Waals surface area contributed by atoms with Crippen LogP contribution in [0.2, 0.25) is 0 Å². The highest BCUT2D eigenvalue weighted by atomic mass is 32.2. The van der Waals surface area contributed by atoms with Gasteiger partial charge < -0.3 is 9.47 Å². The van der Waals surface area contributed by atoms with E-state index in [1.54, 1.807) is 0 Å². The van der Waals surface area contributed by atoms with Gasteiger partial charge in [-0.15, -0.1) is 0 Å². The van der Waals surface area contributed by atoms with Crippen molar-refractivity contribution in [1.29, 1.82) is 0 Å². The number of rotatable bonds is 9. The second-order valence-electron chi connectivity index (χ2n) is 9.84. The van der Waals surface area contributed by atoms with Gasteiger partial charge in [-0.3, -0.25) is 18.5 Å². The van der Waals surface area contributed by atoms with Crippen LogP contribution in [-0.2, 0) is 29.4 Å². The maximum Gasteiger partial charge on any atom is 0.330 e. The third kappa shape index (κ3) is 5.80. The van der Waals surface area contributed by atoms with Gasteiger partial charge >= 0.3 is 5.69 Å². The third-order valence-corrected chi connectivity index (χ3v) is 7.55. The molecule has 4 atom stereocenters. The molecule has 3 aromatic carbocycles. The SMILES string of the molecule is Cc1cn([C@@H]2O[C@H](COC(c3ccccc3)(c3ccccc3)c3ccccc3)[C@@H](OS(C)(=O)=O)[C@@H]2F)c(=O)[nH]c1=O. The van der Waals surface area contributed by atoms with Crippen LogP contribution in [0, 0.1) is 6.92 Å². The number of hydrogen-bond donors (Lipinski definition) is 1. The topological polar surface area (TPSA) is 117 Å². The molecule has 0 unspecified atom stereocenters. The maximum absolute atomic E-state index is 15.9. The smallest absolute Gasteiger partial charge is 0.330 e. The Morgan fingerprint density at radius 1 is 0.902 bits per heavy atom. The van der Waals surface area contributed by atoms with E-state index in [0.29, 0.717) is 0 Å². The summed E-state index contributed by atoms with van der Waals surface area (Å²) < 4.78 is 58.9. The van der Waals surface area contributed by atoms with Gasteiger partial charge in [0.15, 0.2) is 12.4 Å². The van der Waals surface area contributed by atoms with Crippen molar-refractivity contribution in [3.8, 4) is 0 Å². The van der Waals surface area contributed by atoms with Gasteiger partial charge in [-0.25, -0.2) is 9.18 Å². The fourth-order valence-corrected chi connectivity index (χ4v) is 5.75. The number of H-pyrrole nitrogens is 1. The molecule has 2 heterocycles. The van der Waals surface area contributed by atoms with Crippen LogP contribution in [-0.4, -0.2) is 49.2 Å². The van der Waals surface area contributed by atoms with Crippen LogP contribution in [0.3, 0.4) is 0 Å². The van der Waals surface area contributed by atoms with Gasteiger partial charge in [0, 0.05) is 11.8 Å². The normalized spacial score (nSPS) is 21.1. The van der Waals surface area contributed by atoms with Crippen molar-refractivity contribution in [3.63, 3.8) is 0 Å². The van der Waals surface area contributed by atoms with Crippen LogP contribution in [0.25, 0.3) is 0 Å². The monoisotopic (exact) mass is 580 g/mol. The summed E-state index contributed by atoms with van der Waals surface area (Å²) in [6.45, 7) is 1.14. The lowest BCUT2D eigenvalue weighted by Gasteiger charge is -2.37. The van der Waals surface area contributed by atoms with E-state index < -0.39 is 51.6 Å². The zero-order valence-corrected chi connectivity index (χ0v) is 23.2. The number of halogens is 1. The molecule has 11 heteroatoms. The van der Waals surface area contributed by atoms with E-state index in [-0.39, 0.29) is 12.2 Å². The van der Waals surface area contributed by atoms with Gasteiger partial charge in [-0.05, 0) is 23.6 Å². The molecule has 0 saturated carbocycles. The van der Waals surface area contributed by atoms with Gasteiger partial charge in [0.2, 0.25) is 0 Å². The molecule has 1 fully saturated rings. The summed E-state index contributed by atoms with van der Waals surface area (Å²) in [6.07, 6.45) is -4.56. The molecule has 0 radical (unpaired) electrons. The highest BCUT2D eigenvalue weighted by molar-refractivity contribution is 7.86. The summed E-state index contributed by atoms with van der Waals surface area (Å²) in [5.74, 6) is 0. The molecule has 1 saturated heterocycles. The number of nitrogens with one attached hydrogen (secondary N) is 1. The Morgan fingerprint density at radius 2 is 1.39 bits per heavy atom. The second kappa shape index (κ2) is 11.5. The van der Waals surface area contributed by atoms with Gasteiger partial charge in [0.25, 0.3) is 15.7 Å². The average Bonchev–Trinajstić information content (AvgIpc) is 3.26. The van der Waals surface area contributed by atoms with E-state index in [4.69, 9.17) is 13.7 Å². The lowest BCUT2D eigenvalue weighted by Crippen LogP contribution is -2.41. The number of hydrogen-bond acceptors (Lipinski definition) is 7. The maximum atomic E-state index is 15.9. The zero-order chi connectivity index (χ0) is 29.2. The predicted octanol–water partition coefficient (Wildman–Crippen LogP) is 3.43. The molecule has 0 bridgehead atoms. The van der Waals surface area contributed by atoms with Crippen LogP contribution in [0.1, 0.15) is 28.5 Å². The fraction of sp³-hybridized carbons (Fsp3) is 0.267. The first-order chi connectivity index (χ1) is 19.6. The predicted molar refractivity (Wildman–Crippen MR) is 150 cm³/mol. The van der Waals surface area contributed by atoms with Crippen molar-refractivity contribution in [2.45, 2.75) is 37.1 Å². The minimum atomic E-state index is -4.14. The van der Waals surface area contributed by atoms with E-state index in [1.807, 2.05) is 91.0 Å². The lowest BCUT2D eigenvalue weighted by atomic mass is 9.80. The van der Waals surface area contributed by atoms with E-state index >= 15 is 4.39 Å². The van der Waals surface area contributed by atoms with Gasteiger partial charge in [-0.2, -0.15) is 8.42 Å². The molecule has 0 amide bonds. The summed E-state index contributed by atoms with van der Waals surface area (Å²) in [6, 6.07) is 28.3. The molecule has 0 aliphatic carbocycles. The van der Waals surface area contributed by atoms with Crippen LogP contribution in [0.15, 0.2) is 107 Å². The molecule has 41 heavy (non-hydrogen) atoms.